The van der Waals surface area contributed by atoms with E-state index in [0.29, 0.717) is 24.7 Å². The van der Waals surface area contributed by atoms with Gasteiger partial charge in [0, 0.05) is 20.1 Å². The highest BCUT2D eigenvalue weighted by molar-refractivity contribution is 6.01. The fraction of sp³-hybridized carbons (Fsp3) is 0.500. The van der Waals surface area contributed by atoms with Crippen LogP contribution in [0.5, 0.6) is 0 Å². The smallest absolute Gasteiger partial charge is 0.407 e. The van der Waals surface area contributed by atoms with E-state index >= 15 is 0 Å². The second kappa shape index (κ2) is 9.88. The normalized spacial score (nSPS) is 20.2. The van der Waals surface area contributed by atoms with E-state index in [9.17, 15) is 18.8 Å². The van der Waals surface area contributed by atoms with Crippen LogP contribution in [0.1, 0.15) is 37.8 Å². The van der Waals surface area contributed by atoms with Gasteiger partial charge in [-0.3, -0.25) is 4.79 Å². The molecule has 1 amide bonds. The number of halogens is 1. The minimum Gasteiger partial charge on any atom is -0.453 e. The van der Waals surface area contributed by atoms with E-state index < -0.39 is 23.4 Å². The number of rotatable bonds is 5. The number of amides is 1. The van der Waals surface area contributed by atoms with Gasteiger partial charge in [0.15, 0.2) is 0 Å². The molecule has 0 saturated heterocycles. The summed E-state index contributed by atoms with van der Waals surface area (Å²) < 4.78 is 22.5. The Morgan fingerprint density at radius 2 is 2.12 bits per heavy atom. The van der Waals surface area contributed by atoms with Gasteiger partial charge in [0.2, 0.25) is 0 Å². The molecule has 0 bridgehead atoms. The van der Waals surface area contributed by atoms with Crippen molar-refractivity contribution in [1.29, 1.82) is 0 Å². The van der Waals surface area contributed by atoms with Gasteiger partial charge in [0.25, 0.3) is 0 Å². The number of ketones is 1. The van der Waals surface area contributed by atoms with Crippen LogP contribution in [-0.4, -0.2) is 39.0 Å². The van der Waals surface area contributed by atoms with Crippen LogP contribution in [-0.2, 0) is 19.1 Å². The molecule has 1 saturated carbocycles. The number of carbonyl (C=O) groups excluding carboxylic acids is 3. The monoisotopic (exact) mass is 353 g/mol. The molecule has 1 N–H and O–H groups in total. The molecule has 1 aromatic rings. The van der Waals surface area contributed by atoms with E-state index in [2.05, 4.69) is 14.8 Å². The Morgan fingerprint density at radius 3 is 2.56 bits per heavy atom. The van der Waals surface area contributed by atoms with Crippen molar-refractivity contribution in [3.8, 4) is 0 Å². The SMILES string of the molecule is CCOC.COC(=O)NC(c1cccc(F)c1)C1(C=O)CCCC1=O. The summed E-state index contributed by atoms with van der Waals surface area (Å²) in [6.45, 7) is 2.78. The molecule has 1 fully saturated rings. The molecule has 7 heteroatoms. The Hall–Kier alpha value is -2.28. The van der Waals surface area contributed by atoms with Crippen LogP contribution >= 0.6 is 0 Å². The highest BCUT2D eigenvalue weighted by Crippen LogP contribution is 2.43. The highest BCUT2D eigenvalue weighted by Gasteiger charge is 2.49. The van der Waals surface area contributed by atoms with E-state index in [0.717, 1.165) is 6.61 Å². The Morgan fingerprint density at radius 1 is 1.44 bits per heavy atom. The van der Waals surface area contributed by atoms with E-state index in [-0.39, 0.29) is 12.2 Å². The Kier molecular flexibility index (Phi) is 8.21. The minimum atomic E-state index is -1.36. The van der Waals surface area contributed by atoms with Gasteiger partial charge in [0.05, 0.1) is 13.2 Å². The lowest BCUT2D eigenvalue weighted by atomic mass is 9.76. The molecule has 2 atom stereocenters. The van der Waals surface area contributed by atoms with Crippen LogP contribution in [0, 0.1) is 11.2 Å². The number of methoxy groups -OCH3 is 2. The number of ether oxygens (including phenoxy) is 2. The van der Waals surface area contributed by atoms with Gasteiger partial charge in [-0.15, -0.1) is 0 Å². The van der Waals surface area contributed by atoms with Gasteiger partial charge in [-0.05, 0) is 37.5 Å². The van der Waals surface area contributed by atoms with Crippen molar-refractivity contribution in [3.63, 3.8) is 0 Å². The topological polar surface area (TPSA) is 81.7 Å². The summed E-state index contributed by atoms with van der Waals surface area (Å²) in [4.78, 5) is 35.3. The van der Waals surface area contributed by atoms with Crippen molar-refractivity contribution >= 4 is 18.2 Å². The first-order chi connectivity index (χ1) is 11.9. The van der Waals surface area contributed by atoms with Crippen LogP contribution in [0.4, 0.5) is 9.18 Å². The van der Waals surface area contributed by atoms with Crippen LogP contribution in [0.25, 0.3) is 0 Å². The number of alkyl carbamates (subject to hydrolysis) is 1. The Bertz CT molecular complexity index is 605. The third-order valence-electron chi connectivity index (χ3n) is 4.16. The summed E-state index contributed by atoms with van der Waals surface area (Å²) in [5.74, 6) is -0.751. The lowest BCUT2D eigenvalue weighted by Crippen LogP contribution is -2.44. The molecule has 0 heterocycles. The number of Topliss-reactive ketones (excluding diaryl/α,β-unsaturated/α-hetero) is 1. The lowest BCUT2D eigenvalue weighted by molar-refractivity contribution is -0.133. The summed E-state index contributed by atoms with van der Waals surface area (Å²) in [6, 6.07) is 4.56. The van der Waals surface area contributed by atoms with Gasteiger partial charge in [0.1, 0.15) is 23.3 Å². The predicted octanol–water partition coefficient (Wildman–Crippen LogP) is 2.81. The first-order valence-electron chi connectivity index (χ1n) is 8.03. The van der Waals surface area contributed by atoms with Crippen LogP contribution < -0.4 is 5.32 Å². The fourth-order valence-corrected chi connectivity index (χ4v) is 2.78. The largest absolute Gasteiger partial charge is 0.453 e. The van der Waals surface area contributed by atoms with Crippen molar-refractivity contribution in [2.75, 3.05) is 20.8 Å². The summed E-state index contributed by atoms with van der Waals surface area (Å²) in [7, 11) is 2.86. The van der Waals surface area contributed by atoms with Gasteiger partial charge in [-0.2, -0.15) is 0 Å². The second-order valence-corrected chi connectivity index (χ2v) is 5.64. The van der Waals surface area contributed by atoms with E-state index in [4.69, 9.17) is 0 Å². The van der Waals surface area contributed by atoms with Gasteiger partial charge >= 0.3 is 6.09 Å². The van der Waals surface area contributed by atoms with Crippen molar-refractivity contribution in [3.05, 3.63) is 35.6 Å². The molecular formula is C18H24FNO5. The van der Waals surface area contributed by atoms with Crippen LogP contribution in [0.15, 0.2) is 24.3 Å². The second-order valence-electron chi connectivity index (χ2n) is 5.64. The van der Waals surface area contributed by atoms with Crippen molar-refractivity contribution in [2.24, 2.45) is 5.41 Å². The molecule has 0 aliphatic heterocycles. The quantitative estimate of drug-likeness (QED) is 0.650. The van der Waals surface area contributed by atoms with Crippen molar-refractivity contribution in [1.82, 2.24) is 5.32 Å². The Balaban J connectivity index is 0.000000705. The minimum absolute atomic E-state index is 0.247. The number of aldehydes is 1. The summed E-state index contributed by atoms with van der Waals surface area (Å²) in [6.07, 6.45) is 0.943. The molecule has 6 nitrogen and oxygen atoms in total. The molecular weight excluding hydrogens is 329 g/mol. The zero-order valence-corrected chi connectivity index (χ0v) is 14.7. The van der Waals surface area contributed by atoms with E-state index in [1.807, 2.05) is 6.92 Å². The fourth-order valence-electron chi connectivity index (χ4n) is 2.78. The summed E-state index contributed by atoms with van der Waals surface area (Å²) in [5.41, 5.74) is -0.995. The third-order valence-corrected chi connectivity index (χ3v) is 4.16. The van der Waals surface area contributed by atoms with E-state index in [1.165, 1.54) is 25.3 Å². The first-order valence-corrected chi connectivity index (χ1v) is 8.03. The molecule has 0 radical (unpaired) electrons. The third kappa shape index (κ3) is 5.09. The number of carbonyl (C=O) groups is 3. The predicted molar refractivity (Wildman–Crippen MR) is 89.6 cm³/mol. The molecule has 2 unspecified atom stereocenters. The van der Waals surface area contributed by atoms with Crippen molar-refractivity contribution in [2.45, 2.75) is 32.2 Å². The zero-order chi connectivity index (χ0) is 18.9. The number of hydrogen-bond acceptors (Lipinski definition) is 5. The molecule has 1 aliphatic rings. The maximum Gasteiger partial charge on any atom is 0.407 e. The molecule has 138 valence electrons. The van der Waals surface area contributed by atoms with Gasteiger partial charge in [-0.1, -0.05) is 12.1 Å². The molecule has 1 aromatic carbocycles. The maximum absolute atomic E-state index is 13.4. The number of hydrogen-bond donors (Lipinski definition) is 1. The molecule has 1 aliphatic carbocycles. The molecule has 2 rings (SSSR count). The first kappa shape index (κ1) is 20.8. The summed E-state index contributed by atoms with van der Waals surface area (Å²) in [5, 5.41) is 2.49. The number of nitrogens with one attached hydrogen (secondary N) is 1. The Labute approximate surface area is 146 Å². The molecule has 0 spiro atoms. The van der Waals surface area contributed by atoms with Crippen LogP contribution in [0.3, 0.4) is 0 Å². The van der Waals surface area contributed by atoms with Gasteiger partial charge in [-0.25, -0.2) is 9.18 Å². The maximum atomic E-state index is 13.4. The zero-order valence-electron chi connectivity index (χ0n) is 14.7. The average molecular weight is 353 g/mol. The standard InChI is InChI=1S/C15H16FNO4.C3H8O/c1-21-14(20)17-13(10-4-2-5-11(16)8-10)15(9-18)7-3-6-12(15)19;1-3-4-2/h2,4-5,8-9,13H,3,6-7H2,1H3,(H,17,20);3H2,1-2H3. The molecule has 0 aromatic heterocycles. The van der Waals surface area contributed by atoms with Crippen LogP contribution in [0.2, 0.25) is 0 Å². The lowest BCUT2D eigenvalue weighted by Gasteiger charge is -2.31. The van der Waals surface area contributed by atoms with Gasteiger partial charge < -0.3 is 19.6 Å². The molecule has 25 heavy (non-hydrogen) atoms. The van der Waals surface area contributed by atoms with E-state index in [1.54, 1.807) is 13.2 Å². The highest BCUT2D eigenvalue weighted by atomic mass is 19.1. The number of benzene rings is 1. The summed E-state index contributed by atoms with van der Waals surface area (Å²) >= 11 is 0. The average Bonchev–Trinajstić information content (AvgIpc) is 3.01. The van der Waals surface area contributed by atoms with Crippen molar-refractivity contribution < 1.29 is 28.2 Å².